The summed E-state index contributed by atoms with van der Waals surface area (Å²) in [6.45, 7) is 2.40. The maximum absolute atomic E-state index is 12.1. The third kappa shape index (κ3) is 6.68. The average Bonchev–Trinajstić information content (AvgIpc) is 2.62. The van der Waals surface area contributed by atoms with Crippen molar-refractivity contribution in [1.82, 2.24) is 5.32 Å². The summed E-state index contributed by atoms with van der Waals surface area (Å²) in [4.78, 5) is 24.7. The smallest absolute Gasteiger partial charge is 0.319 e. The number of nitrogens with one attached hydrogen (secondary N) is 3. The average molecular weight is 373 g/mol. The zero-order chi connectivity index (χ0) is 18.8. The first kappa shape index (κ1) is 19.7. The van der Waals surface area contributed by atoms with E-state index in [4.69, 9.17) is 4.74 Å². The first-order valence-corrected chi connectivity index (χ1v) is 9.31. The second-order valence-corrected chi connectivity index (χ2v) is 6.56. The maximum Gasteiger partial charge on any atom is 0.319 e. The largest absolute Gasteiger partial charge is 0.497 e. The first-order valence-electron chi connectivity index (χ1n) is 8.32. The summed E-state index contributed by atoms with van der Waals surface area (Å²) in [6.07, 6.45) is 0.394. The molecular weight excluding hydrogens is 350 g/mol. The molecule has 0 aliphatic rings. The van der Waals surface area contributed by atoms with Gasteiger partial charge in [-0.05, 0) is 49.4 Å². The molecule has 0 aromatic heterocycles. The Labute approximate surface area is 157 Å². The molecule has 0 atom stereocenters. The van der Waals surface area contributed by atoms with Crippen LogP contribution in [0.15, 0.2) is 53.4 Å². The zero-order valence-electron chi connectivity index (χ0n) is 14.9. The van der Waals surface area contributed by atoms with Gasteiger partial charge in [-0.15, -0.1) is 11.8 Å². The van der Waals surface area contributed by atoms with E-state index in [1.165, 1.54) is 0 Å². The van der Waals surface area contributed by atoms with Crippen LogP contribution in [-0.4, -0.2) is 31.3 Å². The Kier molecular flexibility index (Phi) is 7.82. The van der Waals surface area contributed by atoms with E-state index in [1.807, 2.05) is 31.2 Å². The van der Waals surface area contributed by atoms with Crippen molar-refractivity contribution >= 4 is 35.1 Å². The van der Waals surface area contributed by atoms with E-state index in [9.17, 15) is 9.59 Å². The van der Waals surface area contributed by atoms with Crippen molar-refractivity contribution in [2.75, 3.05) is 30.0 Å². The number of thioether (sulfide) groups is 1. The van der Waals surface area contributed by atoms with Crippen LogP contribution in [-0.2, 0) is 4.79 Å². The highest BCUT2D eigenvalue weighted by molar-refractivity contribution is 7.99. The van der Waals surface area contributed by atoms with Crippen LogP contribution >= 0.6 is 11.8 Å². The van der Waals surface area contributed by atoms with Crippen LogP contribution in [0, 0.1) is 0 Å². The fourth-order valence-electron chi connectivity index (χ4n) is 2.17. The quantitative estimate of drug-likeness (QED) is 0.612. The van der Waals surface area contributed by atoms with Gasteiger partial charge in [-0.25, -0.2) is 4.79 Å². The predicted octanol–water partition coefficient (Wildman–Crippen LogP) is 3.96. The van der Waals surface area contributed by atoms with Crippen molar-refractivity contribution in [3.63, 3.8) is 0 Å². The molecule has 0 unspecified atom stereocenters. The van der Waals surface area contributed by atoms with Gasteiger partial charge in [0.25, 0.3) is 0 Å². The van der Waals surface area contributed by atoms with E-state index >= 15 is 0 Å². The molecule has 2 aromatic rings. The van der Waals surface area contributed by atoms with Crippen LogP contribution in [0.3, 0.4) is 0 Å². The second kappa shape index (κ2) is 10.4. The van der Waals surface area contributed by atoms with Crippen molar-refractivity contribution < 1.29 is 14.3 Å². The number of rotatable bonds is 8. The van der Waals surface area contributed by atoms with Crippen LogP contribution in [0.4, 0.5) is 16.2 Å². The number of hydrogen-bond donors (Lipinski definition) is 3. The van der Waals surface area contributed by atoms with Gasteiger partial charge in [-0.1, -0.05) is 6.07 Å². The van der Waals surface area contributed by atoms with Crippen LogP contribution in [0.2, 0.25) is 0 Å². The summed E-state index contributed by atoms with van der Waals surface area (Å²) in [5, 5.41) is 8.22. The minimum absolute atomic E-state index is 0.0684. The number of ether oxygens (including phenoxy) is 1. The molecule has 6 nitrogen and oxygen atoms in total. The molecule has 26 heavy (non-hydrogen) atoms. The normalized spacial score (nSPS) is 10.1. The number of urea groups is 1. The van der Waals surface area contributed by atoms with Crippen LogP contribution in [0.1, 0.15) is 13.3 Å². The Hall–Kier alpha value is -2.67. The fourth-order valence-corrected chi connectivity index (χ4v) is 3.02. The van der Waals surface area contributed by atoms with Crippen molar-refractivity contribution in [3.05, 3.63) is 48.5 Å². The maximum atomic E-state index is 12.1. The van der Waals surface area contributed by atoms with Crippen LogP contribution in [0.5, 0.6) is 5.75 Å². The monoisotopic (exact) mass is 373 g/mol. The Bertz CT molecular complexity index is 735. The molecule has 0 aliphatic heterocycles. The lowest BCUT2D eigenvalue weighted by atomic mass is 10.2. The molecule has 0 saturated carbocycles. The Morgan fingerprint density at radius 1 is 1.04 bits per heavy atom. The lowest BCUT2D eigenvalue weighted by Crippen LogP contribution is -2.28. The molecule has 0 fully saturated rings. The van der Waals surface area contributed by atoms with Gasteiger partial charge in [0.15, 0.2) is 0 Å². The van der Waals surface area contributed by atoms with Gasteiger partial charge in [0.05, 0.1) is 7.11 Å². The molecule has 0 saturated heterocycles. The number of hydrogen-bond acceptors (Lipinski definition) is 4. The van der Waals surface area contributed by atoms with Gasteiger partial charge in [-0.3, -0.25) is 4.79 Å². The fraction of sp³-hybridized carbons (Fsp3) is 0.263. The molecule has 138 valence electrons. The summed E-state index contributed by atoms with van der Waals surface area (Å²) >= 11 is 1.61. The topological polar surface area (TPSA) is 79.5 Å². The third-order valence-corrected chi connectivity index (χ3v) is 4.41. The second-order valence-electron chi connectivity index (χ2n) is 5.39. The summed E-state index contributed by atoms with van der Waals surface area (Å²) in [6, 6.07) is 14.5. The highest BCUT2D eigenvalue weighted by atomic mass is 32.2. The van der Waals surface area contributed by atoms with Gasteiger partial charge in [-0.2, -0.15) is 0 Å². The van der Waals surface area contributed by atoms with Crippen LogP contribution < -0.4 is 20.7 Å². The van der Waals surface area contributed by atoms with Gasteiger partial charge in [0.1, 0.15) is 5.75 Å². The van der Waals surface area contributed by atoms with Gasteiger partial charge in [0.2, 0.25) is 5.91 Å². The van der Waals surface area contributed by atoms with Gasteiger partial charge < -0.3 is 20.7 Å². The van der Waals surface area contributed by atoms with Gasteiger partial charge >= 0.3 is 6.03 Å². The van der Waals surface area contributed by atoms with Crippen molar-refractivity contribution in [1.29, 1.82) is 0 Å². The summed E-state index contributed by atoms with van der Waals surface area (Å²) in [5.41, 5.74) is 1.28. The Balaban J connectivity index is 1.78. The van der Waals surface area contributed by atoms with Crippen LogP contribution in [0.25, 0.3) is 0 Å². The highest BCUT2D eigenvalue weighted by Crippen LogP contribution is 2.22. The molecule has 7 heteroatoms. The third-order valence-electron chi connectivity index (χ3n) is 3.40. The van der Waals surface area contributed by atoms with Crippen molar-refractivity contribution in [3.8, 4) is 5.75 Å². The molecule has 0 bridgehead atoms. The van der Waals surface area contributed by atoms with Gasteiger partial charge in [0, 0.05) is 35.0 Å². The molecule has 0 aliphatic carbocycles. The number of carbonyl (C=O) groups is 2. The lowest BCUT2D eigenvalue weighted by molar-refractivity contribution is -0.115. The molecule has 2 aromatic carbocycles. The number of carbonyl (C=O) groups excluding carboxylic acids is 2. The SMILES string of the molecule is CCNC(=O)Nc1cccc(NC(=O)CCSc2ccc(OC)cc2)c1. The van der Waals surface area contributed by atoms with E-state index in [2.05, 4.69) is 16.0 Å². The number of anilines is 2. The molecule has 0 radical (unpaired) electrons. The van der Waals surface area contributed by atoms with E-state index in [0.29, 0.717) is 30.1 Å². The minimum atomic E-state index is -0.271. The summed E-state index contributed by atoms with van der Waals surface area (Å²) in [7, 11) is 1.63. The molecular formula is C19H23N3O3S. The highest BCUT2D eigenvalue weighted by Gasteiger charge is 2.05. The number of amides is 3. The molecule has 3 N–H and O–H groups in total. The Morgan fingerprint density at radius 2 is 1.73 bits per heavy atom. The first-order chi connectivity index (χ1) is 12.6. The van der Waals surface area contributed by atoms with E-state index in [-0.39, 0.29) is 11.9 Å². The molecule has 3 amide bonds. The summed E-state index contributed by atoms with van der Waals surface area (Å²) < 4.78 is 5.12. The standard InChI is InChI=1S/C19H23N3O3S/c1-3-20-19(24)22-15-6-4-5-14(13-15)21-18(23)11-12-26-17-9-7-16(25-2)8-10-17/h4-10,13H,3,11-12H2,1-2H3,(H,21,23)(H2,20,22,24). The minimum Gasteiger partial charge on any atom is -0.497 e. The molecule has 0 heterocycles. The molecule has 2 rings (SSSR count). The van der Waals surface area contributed by atoms with E-state index in [1.54, 1.807) is 43.1 Å². The van der Waals surface area contributed by atoms with Crippen molar-refractivity contribution in [2.24, 2.45) is 0 Å². The Morgan fingerprint density at radius 3 is 2.38 bits per heavy atom. The van der Waals surface area contributed by atoms with E-state index < -0.39 is 0 Å². The molecule has 0 spiro atoms. The summed E-state index contributed by atoms with van der Waals surface area (Å²) in [5.74, 6) is 1.42. The number of benzene rings is 2. The zero-order valence-corrected chi connectivity index (χ0v) is 15.7. The number of methoxy groups -OCH3 is 1. The van der Waals surface area contributed by atoms with E-state index in [0.717, 1.165) is 10.6 Å². The predicted molar refractivity (Wildman–Crippen MR) is 106 cm³/mol. The van der Waals surface area contributed by atoms with Crippen molar-refractivity contribution in [2.45, 2.75) is 18.2 Å². The lowest BCUT2D eigenvalue weighted by Gasteiger charge is -2.09.